The Morgan fingerprint density at radius 2 is 1.90 bits per heavy atom. The van der Waals surface area contributed by atoms with E-state index in [0.29, 0.717) is 16.9 Å². The maximum absolute atomic E-state index is 13.1. The highest BCUT2D eigenvalue weighted by molar-refractivity contribution is 5.94. The van der Waals surface area contributed by atoms with Crippen molar-refractivity contribution in [2.75, 3.05) is 5.32 Å². The van der Waals surface area contributed by atoms with Gasteiger partial charge in [0.15, 0.2) is 0 Å². The number of H-pyrrole nitrogens is 1. The van der Waals surface area contributed by atoms with Crippen LogP contribution in [0.2, 0.25) is 0 Å². The smallest absolute Gasteiger partial charge is 0.331 e. The van der Waals surface area contributed by atoms with Gasteiger partial charge in [0.2, 0.25) is 11.8 Å². The van der Waals surface area contributed by atoms with Crippen LogP contribution in [0.1, 0.15) is 24.5 Å². The number of rotatable bonds is 6. The van der Waals surface area contributed by atoms with Crippen molar-refractivity contribution < 1.29 is 14.3 Å². The van der Waals surface area contributed by atoms with Gasteiger partial charge in [-0.05, 0) is 29.8 Å². The lowest BCUT2D eigenvalue weighted by atomic mass is 10.2. The topological polar surface area (TPSA) is 117 Å². The molecule has 30 heavy (non-hydrogen) atoms. The van der Waals surface area contributed by atoms with Gasteiger partial charge in [0.1, 0.15) is 11.4 Å². The second-order valence-corrected chi connectivity index (χ2v) is 6.39. The van der Waals surface area contributed by atoms with Gasteiger partial charge in [-0.2, -0.15) is 0 Å². The standard InChI is InChI=1S/C21H19FN4O4/c1-2-18(27)24-17-6-4-3-5-16(17)23-11-15-19(28)25-21(30)26(20(15)29)12-13-7-9-14(22)10-8-13/h3-11,29H,2,12H2,1H3,(H,24,27)(H,25,28,30). The number of halogens is 1. The molecule has 0 bridgehead atoms. The van der Waals surface area contributed by atoms with E-state index in [1.54, 1.807) is 31.2 Å². The molecule has 0 aliphatic heterocycles. The minimum absolute atomic E-state index is 0.0777. The third kappa shape index (κ3) is 4.69. The van der Waals surface area contributed by atoms with Crippen molar-refractivity contribution in [1.29, 1.82) is 0 Å². The van der Waals surface area contributed by atoms with Crippen LogP contribution in [0, 0.1) is 5.82 Å². The molecule has 154 valence electrons. The van der Waals surface area contributed by atoms with Gasteiger partial charge in [-0.1, -0.05) is 31.2 Å². The molecule has 0 atom stereocenters. The first-order valence-corrected chi connectivity index (χ1v) is 9.12. The highest BCUT2D eigenvalue weighted by Crippen LogP contribution is 2.24. The molecule has 0 spiro atoms. The van der Waals surface area contributed by atoms with Crippen LogP contribution in [0.25, 0.3) is 0 Å². The summed E-state index contributed by atoms with van der Waals surface area (Å²) in [5.74, 6) is -1.21. The Balaban J connectivity index is 1.97. The average Bonchev–Trinajstić information content (AvgIpc) is 2.73. The zero-order valence-electron chi connectivity index (χ0n) is 16.1. The second kappa shape index (κ2) is 8.99. The zero-order chi connectivity index (χ0) is 21.7. The Bertz CT molecular complexity index is 1210. The molecule has 2 aromatic carbocycles. The van der Waals surface area contributed by atoms with Crippen molar-refractivity contribution in [2.45, 2.75) is 19.9 Å². The molecule has 0 unspecified atom stereocenters. The number of nitrogens with one attached hydrogen (secondary N) is 2. The predicted octanol–water partition coefficient (Wildman–Crippen LogP) is 2.53. The van der Waals surface area contributed by atoms with E-state index in [1.807, 2.05) is 0 Å². The molecular weight excluding hydrogens is 391 g/mol. The van der Waals surface area contributed by atoms with Gasteiger partial charge < -0.3 is 10.4 Å². The molecule has 3 rings (SSSR count). The molecular formula is C21H19FN4O4. The van der Waals surface area contributed by atoms with Gasteiger partial charge in [-0.15, -0.1) is 0 Å². The molecule has 1 heterocycles. The van der Waals surface area contributed by atoms with Crippen molar-refractivity contribution in [3.63, 3.8) is 0 Å². The monoisotopic (exact) mass is 410 g/mol. The molecule has 1 aromatic heterocycles. The average molecular weight is 410 g/mol. The number of para-hydroxylation sites is 2. The first-order chi connectivity index (χ1) is 14.4. The van der Waals surface area contributed by atoms with E-state index in [-0.39, 0.29) is 24.4 Å². The first kappa shape index (κ1) is 20.7. The Morgan fingerprint density at radius 1 is 1.20 bits per heavy atom. The zero-order valence-corrected chi connectivity index (χ0v) is 16.1. The number of hydrogen-bond acceptors (Lipinski definition) is 5. The fourth-order valence-corrected chi connectivity index (χ4v) is 2.68. The number of anilines is 1. The number of benzene rings is 2. The number of hydrogen-bond donors (Lipinski definition) is 3. The number of aromatic amines is 1. The summed E-state index contributed by atoms with van der Waals surface area (Å²) >= 11 is 0. The highest BCUT2D eigenvalue weighted by Gasteiger charge is 2.13. The normalized spacial score (nSPS) is 11.0. The molecule has 0 aliphatic rings. The van der Waals surface area contributed by atoms with Crippen LogP contribution in [-0.4, -0.2) is 26.8 Å². The van der Waals surface area contributed by atoms with E-state index in [9.17, 15) is 23.9 Å². The fourth-order valence-electron chi connectivity index (χ4n) is 2.68. The van der Waals surface area contributed by atoms with Crippen molar-refractivity contribution in [1.82, 2.24) is 9.55 Å². The summed E-state index contributed by atoms with van der Waals surface area (Å²) in [6.07, 6.45) is 1.40. The minimum atomic E-state index is -0.813. The molecule has 3 aromatic rings. The van der Waals surface area contributed by atoms with Crippen LogP contribution < -0.4 is 16.6 Å². The van der Waals surface area contributed by atoms with Crippen molar-refractivity contribution in [3.8, 4) is 5.88 Å². The number of amides is 1. The van der Waals surface area contributed by atoms with Crippen LogP contribution in [0.5, 0.6) is 5.88 Å². The SMILES string of the molecule is CCC(=O)Nc1ccccc1N=Cc1c(O)n(Cc2ccc(F)cc2)c(=O)[nH]c1=O. The van der Waals surface area contributed by atoms with Crippen molar-refractivity contribution >= 4 is 23.5 Å². The number of aliphatic imine (C=N–C) groups is 1. The molecule has 1 amide bonds. The molecule has 9 heteroatoms. The largest absolute Gasteiger partial charge is 0.494 e. The van der Waals surface area contributed by atoms with Gasteiger partial charge >= 0.3 is 5.69 Å². The molecule has 0 aliphatic carbocycles. The summed E-state index contributed by atoms with van der Waals surface area (Å²) in [6, 6.07) is 12.1. The minimum Gasteiger partial charge on any atom is -0.494 e. The lowest BCUT2D eigenvalue weighted by molar-refractivity contribution is -0.115. The lowest BCUT2D eigenvalue weighted by Crippen LogP contribution is -2.32. The van der Waals surface area contributed by atoms with E-state index in [4.69, 9.17) is 0 Å². The number of aromatic hydroxyl groups is 1. The Hall–Kier alpha value is -4.01. The number of carbonyl (C=O) groups is 1. The maximum atomic E-state index is 13.1. The molecule has 8 nitrogen and oxygen atoms in total. The van der Waals surface area contributed by atoms with E-state index in [0.717, 1.165) is 10.8 Å². The van der Waals surface area contributed by atoms with Crippen LogP contribution in [0.3, 0.4) is 0 Å². The third-order valence-corrected chi connectivity index (χ3v) is 4.29. The second-order valence-electron chi connectivity index (χ2n) is 6.39. The van der Waals surface area contributed by atoms with Crippen LogP contribution in [0.15, 0.2) is 63.1 Å². The predicted molar refractivity (Wildman–Crippen MR) is 111 cm³/mol. The quantitative estimate of drug-likeness (QED) is 0.542. The van der Waals surface area contributed by atoms with Gasteiger partial charge in [0.25, 0.3) is 5.56 Å². The summed E-state index contributed by atoms with van der Waals surface area (Å²) in [7, 11) is 0. The molecule has 0 saturated carbocycles. The molecule has 0 saturated heterocycles. The summed E-state index contributed by atoms with van der Waals surface area (Å²) in [4.78, 5) is 42.3. The summed E-state index contributed by atoms with van der Waals surface area (Å²) in [5.41, 5.74) is -0.489. The van der Waals surface area contributed by atoms with E-state index in [1.165, 1.54) is 24.3 Å². The van der Waals surface area contributed by atoms with E-state index >= 15 is 0 Å². The van der Waals surface area contributed by atoms with Crippen LogP contribution in [0.4, 0.5) is 15.8 Å². The molecule has 0 radical (unpaired) electrons. The van der Waals surface area contributed by atoms with Crippen molar-refractivity contribution in [2.24, 2.45) is 4.99 Å². The van der Waals surface area contributed by atoms with E-state index < -0.39 is 22.9 Å². The van der Waals surface area contributed by atoms with Crippen LogP contribution >= 0.6 is 0 Å². The highest BCUT2D eigenvalue weighted by atomic mass is 19.1. The first-order valence-electron chi connectivity index (χ1n) is 9.12. The van der Waals surface area contributed by atoms with Gasteiger partial charge in [0.05, 0.1) is 17.9 Å². The fraction of sp³-hybridized carbons (Fsp3) is 0.143. The molecule has 0 fully saturated rings. The summed E-state index contributed by atoms with van der Waals surface area (Å²) < 4.78 is 14.0. The molecule has 3 N–H and O–H groups in total. The summed E-state index contributed by atoms with van der Waals surface area (Å²) in [5, 5.41) is 13.2. The Kier molecular flexibility index (Phi) is 6.21. The Labute approximate surface area is 170 Å². The third-order valence-electron chi connectivity index (χ3n) is 4.29. The van der Waals surface area contributed by atoms with Crippen LogP contribution in [-0.2, 0) is 11.3 Å². The van der Waals surface area contributed by atoms with Gasteiger partial charge in [0, 0.05) is 12.6 Å². The number of nitrogens with zero attached hydrogens (tertiary/aromatic N) is 2. The number of aromatic nitrogens is 2. The van der Waals surface area contributed by atoms with E-state index in [2.05, 4.69) is 15.3 Å². The Morgan fingerprint density at radius 3 is 2.60 bits per heavy atom. The summed E-state index contributed by atoms with van der Waals surface area (Å²) in [6.45, 7) is 1.63. The van der Waals surface area contributed by atoms with Crippen molar-refractivity contribution in [3.05, 3.63) is 86.3 Å². The van der Waals surface area contributed by atoms with Gasteiger partial charge in [-0.25, -0.2) is 9.18 Å². The van der Waals surface area contributed by atoms with Gasteiger partial charge in [-0.3, -0.25) is 24.1 Å². The lowest BCUT2D eigenvalue weighted by Gasteiger charge is -2.10. The maximum Gasteiger partial charge on any atom is 0.331 e. The number of carbonyl (C=O) groups excluding carboxylic acids is 1.